The molecule has 0 spiro atoms. The zero-order valence-corrected chi connectivity index (χ0v) is 19.2. The first-order valence-corrected chi connectivity index (χ1v) is 11.9. The van der Waals surface area contributed by atoms with E-state index >= 15 is 0 Å². The van der Waals surface area contributed by atoms with Gasteiger partial charge in [-0.1, -0.05) is 49.9 Å². The van der Waals surface area contributed by atoms with Crippen molar-refractivity contribution in [2.24, 2.45) is 0 Å². The number of amides is 2. The molecular formula is C25H28ClFN2O4. The highest BCUT2D eigenvalue weighted by Crippen LogP contribution is 2.34. The van der Waals surface area contributed by atoms with Crippen molar-refractivity contribution in [3.05, 3.63) is 59.4 Å². The van der Waals surface area contributed by atoms with E-state index in [0.29, 0.717) is 11.5 Å². The van der Waals surface area contributed by atoms with Crippen LogP contribution in [0.2, 0.25) is 0 Å². The summed E-state index contributed by atoms with van der Waals surface area (Å²) in [5.41, 5.74) is 0.865. The van der Waals surface area contributed by atoms with Gasteiger partial charge in [-0.2, -0.15) is 0 Å². The molecule has 0 saturated heterocycles. The van der Waals surface area contributed by atoms with Crippen molar-refractivity contribution in [3.63, 3.8) is 0 Å². The molecular weight excluding hydrogens is 447 g/mol. The summed E-state index contributed by atoms with van der Waals surface area (Å²) >= 11 is 5.93. The number of alkyl halides is 1. The van der Waals surface area contributed by atoms with Crippen molar-refractivity contribution in [1.82, 2.24) is 10.2 Å². The number of hydrogen-bond acceptors (Lipinski definition) is 4. The van der Waals surface area contributed by atoms with Crippen molar-refractivity contribution in [2.75, 3.05) is 12.7 Å². The topological polar surface area (TPSA) is 67.9 Å². The number of halogens is 2. The van der Waals surface area contributed by atoms with E-state index in [9.17, 15) is 14.0 Å². The summed E-state index contributed by atoms with van der Waals surface area (Å²) in [4.78, 5) is 27.9. The van der Waals surface area contributed by atoms with Gasteiger partial charge in [-0.15, -0.1) is 11.6 Å². The summed E-state index contributed by atoms with van der Waals surface area (Å²) < 4.78 is 25.7. The zero-order valence-electron chi connectivity index (χ0n) is 18.4. The number of carbonyl (C=O) groups is 2. The Morgan fingerprint density at radius 1 is 1.06 bits per heavy atom. The van der Waals surface area contributed by atoms with Crippen molar-refractivity contribution < 1.29 is 23.5 Å². The normalized spacial score (nSPS) is 16.7. The van der Waals surface area contributed by atoms with Crippen LogP contribution in [0.4, 0.5) is 4.39 Å². The third kappa shape index (κ3) is 5.58. The number of fused-ring (bicyclic) bond motifs is 1. The lowest BCUT2D eigenvalue weighted by Gasteiger charge is -2.32. The molecule has 6 nitrogen and oxygen atoms in total. The first-order chi connectivity index (χ1) is 16.1. The van der Waals surface area contributed by atoms with Gasteiger partial charge < -0.3 is 19.7 Å². The van der Waals surface area contributed by atoms with E-state index in [2.05, 4.69) is 5.32 Å². The molecule has 1 aliphatic heterocycles. The minimum Gasteiger partial charge on any atom is -0.454 e. The smallest absolute Gasteiger partial charge is 0.247 e. The molecule has 1 fully saturated rings. The van der Waals surface area contributed by atoms with Gasteiger partial charge in [0.05, 0.1) is 0 Å². The average molecular weight is 475 g/mol. The Morgan fingerprint density at radius 3 is 2.52 bits per heavy atom. The van der Waals surface area contributed by atoms with Gasteiger partial charge in [-0.05, 0) is 36.6 Å². The minimum absolute atomic E-state index is 0.00719. The number of nitrogens with one attached hydrogen (secondary N) is 1. The summed E-state index contributed by atoms with van der Waals surface area (Å²) in [6.45, 7) is 0.198. The van der Waals surface area contributed by atoms with Gasteiger partial charge in [-0.3, -0.25) is 9.59 Å². The Balaban J connectivity index is 1.66. The van der Waals surface area contributed by atoms with Gasteiger partial charge >= 0.3 is 0 Å². The lowest BCUT2D eigenvalue weighted by Crippen LogP contribution is -2.47. The van der Waals surface area contributed by atoms with E-state index < -0.39 is 23.7 Å². The number of rotatable bonds is 7. The Labute approximate surface area is 198 Å². The average Bonchev–Trinajstić information content (AvgIpc) is 3.14. The fraction of sp³-hybridized carbons (Fsp3) is 0.440. The Hall–Kier alpha value is -2.80. The van der Waals surface area contributed by atoms with E-state index in [1.54, 1.807) is 36.4 Å². The maximum atomic E-state index is 14.9. The first-order valence-electron chi connectivity index (χ1n) is 11.4. The lowest BCUT2D eigenvalue weighted by molar-refractivity contribution is -0.140. The van der Waals surface area contributed by atoms with E-state index in [1.165, 1.54) is 11.0 Å². The van der Waals surface area contributed by atoms with Gasteiger partial charge in [0.15, 0.2) is 11.5 Å². The van der Waals surface area contributed by atoms with Crippen LogP contribution in [0.25, 0.3) is 0 Å². The number of ether oxygens (including phenoxy) is 2. The standard InChI is InChI=1S/C25H28ClFN2O4/c26-14-23(30)29(15-17-11-12-21-22(13-17)33-16-32-21)24(19-9-5-6-10-20(19)27)25(31)28-18-7-3-1-2-4-8-18/h5-6,9-13,18,24H,1-4,7-8,14-16H2,(H,28,31)/t24-/m1/s1. The van der Waals surface area contributed by atoms with Crippen LogP contribution in [0.5, 0.6) is 11.5 Å². The second-order valence-corrected chi connectivity index (χ2v) is 8.73. The molecule has 1 aliphatic carbocycles. The van der Waals surface area contributed by atoms with E-state index in [-0.39, 0.29) is 30.8 Å². The van der Waals surface area contributed by atoms with Crippen LogP contribution in [0.1, 0.15) is 55.7 Å². The Morgan fingerprint density at radius 2 is 1.79 bits per heavy atom. The summed E-state index contributed by atoms with van der Waals surface area (Å²) in [7, 11) is 0. The van der Waals surface area contributed by atoms with Crippen LogP contribution in [0.3, 0.4) is 0 Å². The molecule has 0 unspecified atom stereocenters. The van der Waals surface area contributed by atoms with Gasteiger partial charge in [0.2, 0.25) is 18.6 Å². The summed E-state index contributed by atoms with van der Waals surface area (Å²) in [6.07, 6.45) is 6.12. The molecule has 0 bridgehead atoms. The highest BCUT2D eigenvalue weighted by Gasteiger charge is 2.34. The van der Waals surface area contributed by atoms with Crippen LogP contribution < -0.4 is 14.8 Å². The van der Waals surface area contributed by atoms with Gasteiger partial charge in [-0.25, -0.2) is 4.39 Å². The molecule has 2 aromatic rings. The van der Waals surface area contributed by atoms with Gasteiger partial charge in [0.25, 0.3) is 0 Å². The van der Waals surface area contributed by atoms with Crippen LogP contribution in [0.15, 0.2) is 42.5 Å². The fourth-order valence-electron chi connectivity index (χ4n) is 4.49. The van der Waals surface area contributed by atoms with Crippen molar-refractivity contribution >= 4 is 23.4 Å². The number of benzene rings is 2. The third-order valence-electron chi connectivity index (χ3n) is 6.19. The molecule has 2 aromatic carbocycles. The molecule has 1 heterocycles. The van der Waals surface area contributed by atoms with Crippen LogP contribution in [-0.4, -0.2) is 35.4 Å². The maximum absolute atomic E-state index is 14.9. The van der Waals surface area contributed by atoms with E-state index in [0.717, 1.165) is 44.1 Å². The predicted molar refractivity (Wildman–Crippen MR) is 123 cm³/mol. The van der Waals surface area contributed by atoms with Gasteiger partial charge in [0.1, 0.15) is 17.7 Å². The number of nitrogens with zero attached hydrogens (tertiary/aromatic N) is 1. The van der Waals surface area contributed by atoms with E-state index in [4.69, 9.17) is 21.1 Å². The number of carbonyl (C=O) groups excluding carboxylic acids is 2. The van der Waals surface area contributed by atoms with Crippen molar-refractivity contribution in [3.8, 4) is 11.5 Å². The molecule has 1 atom stereocenters. The van der Waals surface area contributed by atoms with Crippen LogP contribution >= 0.6 is 11.6 Å². The zero-order chi connectivity index (χ0) is 23.2. The molecule has 1 N–H and O–H groups in total. The van der Waals surface area contributed by atoms with Crippen LogP contribution in [0, 0.1) is 5.82 Å². The van der Waals surface area contributed by atoms with Crippen molar-refractivity contribution in [2.45, 2.75) is 57.2 Å². The summed E-state index contributed by atoms with van der Waals surface area (Å²) in [5, 5.41) is 3.08. The molecule has 8 heteroatoms. The third-order valence-corrected chi connectivity index (χ3v) is 6.41. The molecule has 1 saturated carbocycles. The Bertz CT molecular complexity index is 994. The maximum Gasteiger partial charge on any atom is 0.247 e. The largest absolute Gasteiger partial charge is 0.454 e. The SMILES string of the molecule is O=C(NC1CCCCCC1)[C@@H](c1ccccc1F)N(Cc1ccc2c(c1)OCO2)C(=O)CCl. The number of hydrogen-bond donors (Lipinski definition) is 1. The molecule has 176 valence electrons. The molecule has 33 heavy (non-hydrogen) atoms. The lowest BCUT2D eigenvalue weighted by atomic mass is 10.0. The molecule has 2 amide bonds. The highest BCUT2D eigenvalue weighted by molar-refractivity contribution is 6.27. The molecule has 2 aliphatic rings. The molecule has 0 aromatic heterocycles. The van der Waals surface area contributed by atoms with Gasteiger partial charge in [0, 0.05) is 18.2 Å². The highest BCUT2D eigenvalue weighted by atomic mass is 35.5. The molecule has 4 rings (SSSR count). The quantitative estimate of drug-likeness (QED) is 0.466. The second kappa shape index (κ2) is 10.9. The first kappa shape index (κ1) is 23.4. The molecule has 0 radical (unpaired) electrons. The minimum atomic E-state index is -1.15. The predicted octanol–water partition coefficient (Wildman–Crippen LogP) is 4.70. The van der Waals surface area contributed by atoms with Crippen LogP contribution in [-0.2, 0) is 16.1 Å². The summed E-state index contributed by atoms with van der Waals surface area (Å²) in [5.74, 6) is -0.546. The Kier molecular flexibility index (Phi) is 7.70. The van der Waals surface area contributed by atoms with E-state index in [1.807, 2.05) is 0 Å². The van der Waals surface area contributed by atoms with Crippen molar-refractivity contribution in [1.29, 1.82) is 0 Å². The second-order valence-electron chi connectivity index (χ2n) is 8.46. The summed E-state index contributed by atoms with van der Waals surface area (Å²) in [6, 6.07) is 10.2. The monoisotopic (exact) mass is 474 g/mol. The fourth-order valence-corrected chi connectivity index (χ4v) is 4.64.